The van der Waals surface area contributed by atoms with E-state index in [1.165, 1.54) is 0 Å². The van der Waals surface area contributed by atoms with Crippen LogP contribution in [0.4, 0.5) is 0 Å². The summed E-state index contributed by atoms with van der Waals surface area (Å²) in [6.07, 6.45) is 0. The lowest BCUT2D eigenvalue weighted by Gasteiger charge is -2.18. The van der Waals surface area contributed by atoms with Gasteiger partial charge in [-0.3, -0.25) is 0 Å². The first-order valence-corrected chi connectivity index (χ1v) is 11.4. The van der Waals surface area contributed by atoms with Crippen LogP contribution in [0.3, 0.4) is 0 Å². The Morgan fingerprint density at radius 2 is 0.821 bits per heavy atom. The quantitative estimate of drug-likeness (QED) is 0.211. The molecule has 7 aromatic carbocycles. The zero-order chi connectivity index (χ0) is 46.6. The van der Waals surface area contributed by atoms with Crippen LogP contribution >= 0.6 is 0 Å². The van der Waals surface area contributed by atoms with E-state index in [1.807, 2.05) is 0 Å². The first-order valence-electron chi connectivity index (χ1n) is 23.4. The summed E-state index contributed by atoms with van der Waals surface area (Å²) in [5.74, 6) is 0. The van der Waals surface area contributed by atoms with Gasteiger partial charge >= 0.3 is 0 Å². The smallest absolute Gasteiger partial charge is 0.136 e. The van der Waals surface area contributed by atoms with Crippen molar-refractivity contribution in [3.8, 4) is 33.4 Å². The van der Waals surface area contributed by atoms with Gasteiger partial charge in [-0.25, -0.2) is 0 Å². The normalized spacial score (nSPS) is 20.2. The fourth-order valence-corrected chi connectivity index (χ4v) is 4.61. The second-order valence-electron chi connectivity index (χ2n) is 8.26. The Morgan fingerprint density at radius 1 is 0.359 bits per heavy atom. The molecule has 1 nitrogen and oxygen atoms in total. The zero-order valence-corrected chi connectivity index (χ0v) is 19.4. The van der Waals surface area contributed by atoms with Crippen LogP contribution in [-0.2, 0) is 0 Å². The molecule has 0 amide bonds. The molecule has 1 heteroatoms. The third kappa shape index (κ3) is 3.41. The Labute approximate surface area is 260 Å². The molecular formula is C38H24O. The van der Waals surface area contributed by atoms with Crippen LogP contribution in [0.2, 0.25) is 0 Å². The van der Waals surface area contributed by atoms with Crippen molar-refractivity contribution in [1.82, 2.24) is 0 Å². The molecule has 0 aliphatic rings. The minimum absolute atomic E-state index is 0.402. The summed E-state index contributed by atoms with van der Waals surface area (Å²) in [6.45, 7) is 0. The van der Waals surface area contributed by atoms with Crippen molar-refractivity contribution in [2.75, 3.05) is 0 Å². The predicted octanol–water partition coefficient (Wildman–Crippen LogP) is 10.9. The molecule has 0 atom stereocenters. The maximum absolute atomic E-state index is 9.46. The molecule has 0 unspecified atom stereocenters. The fourth-order valence-electron chi connectivity index (χ4n) is 4.61. The molecule has 39 heavy (non-hydrogen) atoms. The molecule has 1 heterocycles. The first kappa shape index (κ1) is 8.69. The van der Waals surface area contributed by atoms with Gasteiger partial charge in [0.1, 0.15) is 11.2 Å². The second kappa shape index (κ2) is 8.72. The molecular weight excluding hydrogens is 472 g/mol. The Bertz CT molecular complexity index is 3360. The van der Waals surface area contributed by atoms with E-state index in [-0.39, 0.29) is 0 Å². The SMILES string of the molecule is [2H]c1c([2H])c([2H])c(-c2c3c([2H])c([2H])c([2H])c([2H])c3c(-c3c([2H])c([2H])c(-c4c([2H])c([2H])c([2H])c5oc6c([2H])c([2H])c([2H])c([2H])c6c45)c([2H])c3[2H])c3c([2H])c([2H])c([2H])c([2H])c23)c([2H])c1[2H]. The largest absolute Gasteiger partial charge is 0.456 e. The monoisotopic (exact) mass is 520 g/mol. The molecule has 0 spiro atoms. The summed E-state index contributed by atoms with van der Waals surface area (Å²) in [5, 5.41) is -3.50. The van der Waals surface area contributed by atoms with Gasteiger partial charge in [-0.2, -0.15) is 0 Å². The molecule has 0 saturated carbocycles. The van der Waals surface area contributed by atoms with Crippen molar-refractivity contribution in [3.63, 3.8) is 0 Å². The van der Waals surface area contributed by atoms with E-state index in [0.29, 0.717) is 0 Å². The number of hydrogen-bond acceptors (Lipinski definition) is 1. The van der Waals surface area contributed by atoms with Crippen molar-refractivity contribution < 1.29 is 37.3 Å². The van der Waals surface area contributed by atoms with Crippen molar-refractivity contribution >= 4 is 43.5 Å². The number of rotatable bonds is 3. The van der Waals surface area contributed by atoms with Gasteiger partial charge < -0.3 is 4.42 Å². The minimum Gasteiger partial charge on any atom is -0.456 e. The van der Waals surface area contributed by atoms with Gasteiger partial charge in [0.2, 0.25) is 0 Å². The van der Waals surface area contributed by atoms with Crippen LogP contribution in [-0.4, -0.2) is 0 Å². The van der Waals surface area contributed by atoms with Crippen molar-refractivity contribution in [2.24, 2.45) is 0 Å². The van der Waals surface area contributed by atoms with Gasteiger partial charge in [-0.15, -0.1) is 0 Å². The summed E-state index contributed by atoms with van der Waals surface area (Å²) >= 11 is 0. The molecule has 0 N–H and O–H groups in total. The summed E-state index contributed by atoms with van der Waals surface area (Å²) in [4.78, 5) is 0. The van der Waals surface area contributed by atoms with Crippen LogP contribution in [0, 0.1) is 0 Å². The second-order valence-corrected chi connectivity index (χ2v) is 8.26. The van der Waals surface area contributed by atoms with Gasteiger partial charge in [0.15, 0.2) is 0 Å². The van der Waals surface area contributed by atoms with Gasteiger partial charge in [0.25, 0.3) is 0 Å². The number of furan rings is 1. The molecule has 0 aliphatic carbocycles. The lowest BCUT2D eigenvalue weighted by molar-refractivity contribution is 0.669. The Kier molecular flexibility index (Phi) is 1.94. The summed E-state index contributed by atoms with van der Waals surface area (Å²) in [7, 11) is 0. The maximum Gasteiger partial charge on any atom is 0.136 e. The average molecular weight is 521 g/mol. The predicted molar refractivity (Wildman–Crippen MR) is 165 cm³/mol. The van der Waals surface area contributed by atoms with Crippen LogP contribution in [0.1, 0.15) is 32.9 Å². The van der Waals surface area contributed by atoms with Crippen molar-refractivity contribution in [2.45, 2.75) is 0 Å². The first-order chi connectivity index (χ1) is 29.3. The average Bonchev–Trinajstić information content (AvgIpc) is 3.66. The lowest BCUT2D eigenvalue weighted by Crippen LogP contribution is -1.90. The van der Waals surface area contributed by atoms with Crippen LogP contribution in [0.5, 0.6) is 0 Å². The highest BCUT2D eigenvalue weighted by atomic mass is 16.3. The van der Waals surface area contributed by atoms with Gasteiger partial charge in [0.05, 0.1) is 32.9 Å². The number of benzene rings is 7. The fraction of sp³-hybridized carbons (Fsp3) is 0. The third-order valence-electron chi connectivity index (χ3n) is 6.20. The van der Waals surface area contributed by atoms with E-state index in [9.17, 15) is 8.22 Å². The molecule has 8 rings (SSSR count). The lowest BCUT2D eigenvalue weighted by atomic mass is 9.85. The Hall–Kier alpha value is -5.14. The highest BCUT2D eigenvalue weighted by Gasteiger charge is 2.17. The Balaban J connectivity index is 1.66. The number of para-hydroxylation sites is 1. The van der Waals surface area contributed by atoms with Gasteiger partial charge in [-0.05, 0) is 67.0 Å². The van der Waals surface area contributed by atoms with E-state index in [0.717, 1.165) is 0 Å². The van der Waals surface area contributed by atoms with Crippen LogP contribution < -0.4 is 0 Å². The molecule has 0 radical (unpaired) electrons. The zero-order valence-electron chi connectivity index (χ0n) is 43.4. The van der Waals surface area contributed by atoms with E-state index >= 15 is 0 Å². The molecule has 0 aliphatic heterocycles. The van der Waals surface area contributed by atoms with E-state index < -0.39 is 222 Å². The standard InChI is InChI=1S/C38H24O/c1-2-11-26(12-3-1)36-29-13-4-6-15-31(29)37(32-16-7-5-14-30(32)36)27-23-21-25(22-24-27)28-18-10-20-35-38(28)33-17-8-9-19-34(33)39-35/h1-24H/i1D,2D,3D,4D,5D,6D,7D,8D,9D,10D,11D,12D,13D,14D,15D,16D,17D,18D,19D,20D,21D,22D,23D,24D. The van der Waals surface area contributed by atoms with E-state index in [4.69, 9.17) is 29.1 Å². The summed E-state index contributed by atoms with van der Waals surface area (Å²) in [6, 6.07) is -21.4. The summed E-state index contributed by atoms with van der Waals surface area (Å²) in [5.41, 5.74) is -5.23. The third-order valence-corrected chi connectivity index (χ3v) is 6.20. The van der Waals surface area contributed by atoms with Crippen LogP contribution in [0.25, 0.3) is 76.9 Å². The van der Waals surface area contributed by atoms with Gasteiger partial charge in [0, 0.05) is 10.8 Å². The topological polar surface area (TPSA) is 13.1 Å². The maximum atomic E-state index is 9.46. The molecule has 8 aromatic rings. The van der Waals surface area contributed by atoms with Crippen molar-refractivity contribution in [1.29, 1.82) is 0 Å². The highest BCUT2D eigenvalue weighted by Crippen LogP contribution is 2.44. The molecule has 182 valence electrons. The van der Waals surface area contributed by atoms with E-state index in [1.54, 1.807) is 0 Å². The van der Waals surface area contributed by atoms with Gasteiger partial charge in [-0.1, -0.05) is 133 Å². The van der Waals surface area contributed by atoms with Crippen LogP contribution in [0.15, 0.2) is 149 Å². The van der Waals surface area contributed by atoms with E-state index in [2.05, 4.69) is 0 Å². The highest BCUT2D eigenvalue weighted by molar-refractivity contribution is 6.21. The Morgan fingerprint density at radius 3 is 1.44 bits per heavy atom. The molecule has 0 fully saturated rings. The number of hydrogen-bond donors (Lipinski definition) is 0. The molecule has 0 saturated heterocycles. The minimum atomic E-state index is -1.03. The molecule has 1 aromatic heterocycles. The molecule has 0 bridgehead atoms. The summed E-state index contributed by atoms with van der Waals surface area (Å²) < 4.78 is 217. The van der Waals surface area contributed by atoms with Crippen molar-refractivity contribution in [3.05, 3.63) is 145 Å². The number of fused-ring (bicyclic) bond motifs is 5.